The number of nitrogens with zero attached hydrogens (tertiary/aromatic N) is 1. The maximum atomic E-state index is 12.7. The summed E-state index contributed by atoms with van der Waals surface area (Å²) in [4.78, 5) is 13.7. The van der Waals surface area contributed by atoms with Gasteiger partial charge in [-0.25, -0.2) is 0 Å². The highest BCUT2D eigenvalue weighted by molar-refractivity contribution is 5.92. The number of amides is 1. The summed E-state index contributed by atoms with van der Waals surface area (Å²) >= 11 is 0. The summed E-state index contributed by atoms with van der Waals surface area (Å²) < 4.78 is 38.1. The molecule has 1 aromatic carbocycles. The van der Waals surface area contributed by atoms with E-state index in [4.69, 9.17) is 5.73 Å². The third kappa shape index (κ3) is 2.84. The number of benzene rings is 1. The lowest BCUT2D eigenvalue weighted by atomic mass is 9.94. The van der Waals surface area contributed by atoms with Gasteiger partial charge >= 0.3 is 6.18 Å². The van der Waals surface area contributed by atoms with Crippen molar-refractivity contribution in [2.45, 2.75) is 43.3 Å². The van der Waals surface area contributed by atoms with Crippen LogP contribution in [0.1, 0.15) is 31.2 Å². The molecule has 2 fully saturated rings. The van der Waals surface area contributed by atoms with Gasteiger partial charge in [0.15, 0.2) is 0 Å². The van der Waals surface area contributed by atoms with Crippen LogP contribution >= 0.6 is 0 Å². The number of hydrogen-bond donors (Lipinski definition) is 1. The van der Waals surface area contributed by atoms with Crippen molar-refractivity contribution in [1.82, 2.24) is 4.90 Å². The number of rotatable bonds is 4. The van der Waals surface area contributed by atoms with E-state index in [1.54, 1.807) is 24.3 Å². The fourth-order valence-electron chi connectivity index (χ4n) is 2.77. The summed E-state index contributed by atoms with van der Waals surface area (Å²) in [5.41, 5.74) is 6.21. The maximum absolute atomic E-state index is 12.7. The van der Waals surface area contributed by atoms with Gasteiger partial charge in [-0.2, -0.15) is 13.2 Å². The first-order valence-electron chi connectivity index (χ1n) is 7.06. The van der Waals surface area contributed by atoms with Crippen LogP contribution in [0.3, 0.4) is 0 Å². The van der Waals surface area contributed by atoms with Crippen molar-refractivity contribution in [2.75, 3.05) is 12.3 Å². The van der Waals surface area contributed by atoms with Gasteiger partial charge in [0, 0.05) is 11.7 Å². The van der Waals surface area contributed by atoms with Gasteiger partial charge in [-0.1, -0.05) is 12.1 Å². The second-order valence-electron chi connectivity index (χ2n) is 5.98. The molecule has 0 aliphatic heterocycles. The number of alkyl halides is 3. The molecule has 0 atom stereocenters. The minimum absolute atomic E-state index is 0.245. The van der Waals surface area contributed by atoms with Gasteiger partial charge in [-0.05, 0) is 43.4 Å². The Morgan fingerprint density at radius 3 is 2.24 bits per heavy atom. The minimum Gasteiger partial charge on any atom is -0.399 e. The molecule has 0 heterocycles. The van der Waals surface area contributed by atoms with Crippen LogP contribution in [0.25, 0.3) is 0 Å². The Labute approximate surface area is 120 Å². The van der Waals surface area contributed by atoms with Gasteiger partial charge < -0.3 is 10.6 Å². The molecule has 2 N–H and O–H groups in total. The van der Waals surface area contributed by atoms with Crippen molar-refractivity contribution in [1.29, 1.82) is 0 Å². The Morgan fingerprint density at radius 1 is 1.24 bits per heavy atom. The summed E-state index contributed by atoms with van der Waals surface area (Å²) in [6, 6.07) is 6.63. The predicted octanol–water partition coefficient (Wildman–Crippen LogP) is 2.85. The summed E-state index contributed by atoms with van der Waals surface area (Å²) in [6.07, 6.45) is -1.80. The fraction of sp³-hybridized carbons (Fsp3) is 0.533. The van der Waals surface area contributed by atoms with Gasteiger partial charge in [-0.3, -0.25) is 4.79 Å². The Morgan fingerprint density at radius 2 is 1.81 bits per heavy atom. The van der Waals surface area contributed by atoms with E-state index < -0.39 is 18.1 Å². The van der Waals surface area contributed by atoms with Crippen LogP contribution < -0.4 is 5.73 Å². The smallest absolute Gasteiger partial charge is 0.399 e. The number of nitrogens with two attached hydrogens (primary N) is 1. The van der Waals surface area contributed by atoms with Crippen LogP contribution in [0, 0.1) is 0 Å². The van der Waals surface area contributed by atoms with Gasteiger partial charge in [0.1, 0.15) is 6.54 Å². The Kier molecular flexibility index (Phi) is 3.15. The van der Waals surface area contributed by atoms with Crippen LogP contribution in [-0.2, 0) is 10.2 Å². The molecule has 2 aliphatic rings. The monoisotopic (exact) mass is 298 g/mol. The van der Waals surface area contributed by atoms with E-state index in [0.717, 1.165) is 10.5 Å². The normalized spacial score (nSPS) is 20.1. The molecule has 0 spiro atoms. The zero-order valence-corrected chi connectivity index (χ0v) is 11.5. The van der Waals surface area contributed by atoms with Gasteiger partial charge in [0.25, 0.3) is 0 Å². The lowest BCUT2D eigenvalue weighted by Gasteiger charge is -2.28. The second kappa shape index (κ2) is 4.64. The maximum Gasteiger partial charge on any atom is 0.406 e. The molecular weight excluding hydrogens is 281 g/mol. The van der Waals surface area contributed by atoms with Gasteiger partial charge in [0.05, 0.1) is 5.41 Å². The molecule has 1 aromatic rings. The molecule has 0 saturated heterocycles. The van der Waals surface area contributed by atoms with E-state index in [-0.39, 0.29) is 11.9 Å². The largest absolute Gasteiger partial charge is 0.406 e. The first kappa shape index (κ1) is 14.2. The SMILES string of the molecule is Nc1ccc(C2(C(=O)N(CC(F)(F)F)C3CC3)CC2)cc1. The van der Waals surface area contributed by atoms with Crippen molar-refractivity contribution >= 4 is 11.6 Å². The van der Waals surface area contributed by atoms with E-state index in [1.807, 2.05) is 0 Å². The van der Waals surface area contributed by atoms with Crippen LogP contribution in [0.4, 0.5) is 18.9 Å². The van der Waals surface area contributed by atoms with E-state index in [1.165, 1.54) is 0 Å². The standard InChI is InChI=1S/C15H17F3N2O/c16-15(17,18)9-20(12-5-6-12)13(21)14(7-8-14)10-1-3-11(19)4-2-10/h1-4,12H,5-9,19H2. The highest BCUT2D eigenvalue weighted by Crippen LogP contribution is 2.51. The molecule has 0 bridgehead atoms. The van der Waals surface area contributed by atoms with E-state index >= 15 is 0 Å². The van der Waals surface area contributed by atoms with E-state index in [0.29, 0.717) is 31.4 Å². The van der Waals surface area contributed by atoms with Gasteiger partial charge in [-0.15, -0.1) is 0 Å². The number of halogens is 3. The number of anilines is 1. The first-order valence-corrected chi connectivity index (χ1v) is 7.06. The molecule has 114 valence electrons. The third-order valence-electron chi connectivity index (χ3n) is 4.22. The average molecular weight is 298 g/mol. The van der Waals surface area contributed by atoms with Crippen LogP contribution in [0.5, 0.6) is 0 Å². The molecule has 3 nitrogen and oxygen atoms in total. The predicted molar refractivity (Wildman–Crippen MR) is 72.6 cm³/mol. The average Bonchev–Trinajstić information content (AvgIpc) is 3.26. The van der Waals surface area contributed by atoms with E-state index in [2.05, 4.69) is 0 Å². The van der Waals surface area contributed by atoms with Crippen molar-refractivity contribution in [2.24, 2.45) is 0 Å². The van der Waals surface area contributed by atoms with Crippen LogP contribution in [-0.4, -0.2) is 29.6 Å². The van der Waals surface area contributed by atoms with Crippen LogP contribution in [0.15, 0.2) is 24.3 Å². The summed E-state index contributed by atoms with van der Waals surface area (Å²) in [5.74, 6) is -0.382. The Bertz CT molecular complexity index is 545. The first-order chi connectivity index (χ1) is 9.82. The number of carbonyl (C=O) groups is 1. The molecule has 1 amide bonds. The minimum atomic E-state index is -4.35. The summed E-state index contributed by atoms with van der Waals surface area (Å²) in [5, 5.41) is 0. The van der Waals surface area contributed by atoms with Crippen LogP contribution in [0.2, 0.25) is 0 Å². The molecule has 0 unspecified atom stereocenters. The quantitative estimate of drug-likeness (QED) is 0.869. The molecule has 6 heteroatoms. The van der Waals surface area contributed by atoms with Gasteiger partial charge in [0.2, 0.25) is 5.91 Å². The molecule has 0 radical (unpaired) electrons. The highest BCUT2D eigenvalue weighted by Gasteiger charge is 2.56. The number of hydrogen-bond acceptors (Lipinski definition) is 2. The number of carbonyl (C=O) groups excluding carboxylic acids is 1. The van der Waals surface area contributed by atoms with E-state index in [9.17, 15) is 18.0 Å². The zero-order chi connectivity index (χ0) is 15.3. The third-order valence-corrected chi connectivity index (χ3v) is 4.22. The molecule has 2 saturated carbocycles. The van der Waals surface area contributed by atoms with Crippen molar-refractivity contribution in [3.8, 4) is 0 Å². The zero-order valence-electron chi connectivity index (χ0n) is 11.5. The summed E-state index contributed by atoms with van der Waals surface area (Å²) in [7, 11) is 0. The van der Waals surface area contributed by atoms with Crippen molar-refractivity contribution in [3.63, 3.8) is 0 Å². The molecule has 3 rings (SSSR count). The lowest BCUT2D eigenvalue weighted by molar-refractivity contribution is -0.164. The molecule has 0 aromatic heterocycles. The number of nitrogen functional groups attached to an aromatic ring is 1. The lowest BCUT2D eigenvalue weighted by Crippen LogP contribution is -2.45. The summed E-state index contributed by atoms with van der Waals surface area (Å²) in [6.45, 7) is -1.15. The molecule has 2 aliphatic carbocycles. The second-order valence-corrected chi connectivity index (χ2v) is 5.98. The highest BCUT2D eigenvalue weighted by atomic mass is 19.4. The topological polar surface area (TPSA) is 46.3 Å². The molecular formula is C15H17F3N2O. The Balaban J connectivity index is 1.84. The van der Waals surface area contributed by atoms with Crippen molar-refractivity contribution in [3.05, 3.63) is 29.8 Å². The van der Waals surface area contributed by atoms with Crippen molar-refractivity contribution < 1.29 is 18.0 Å². The molecule has 21 heavy (non-hydrogen) atoms. The fourth-order valence-corrected chi connectivity index (χ4v) is 2.77. The Hall–Kier alpha value is -1.72.